The Bertz CT molecular complexity index is 505. The maximum Gasteiger partial charge on any atom is 0.317 e. The number of aryl methyl sites for hydroxylation is 1. The molecule has 0 unspecified atom stereocenters. The lowest BCUT2D eigenvalue weighted by Gasteiger charge is -2.23. The Morgan fingerprint density at radius 3 is 2.77 bits per heavy atom. The van der Waals surface area contributed by atoms with Crippen molar-refractivity contribution in [3.05, 3.63) is 29.6 Å². The van der Waals surface area contributed by atoms with Crippen LogP contribution in [0, 0.1) is 6.92 Å². The van der Waals surface area contributed by atoms with Gasteiger partial charge in [-0.25, -0.2) is 4.79 Å². The maximum atomic E-state index is 12.2. The van der Waals surface area contributed by atoms with Gasteiger partial charge in [-0.15, -0.1) is 0 Å². The number of nitrogens with one attached hydrogen (secondary N) is 1. The van der Waals surface area contributed by atoms with Crippen LogP contribution in [-0.4, -0.2) is 40.1 Å². The summed E-state index contributed by atoms with van der Waals surface area (Å²) in [7, 11) is 1.70. The zero-order valence-electron chi connectivity index (χ0n) is 13.5. The second-order valence-corrected chi connectivity index (χ2v) is 5.54. The summed E-state index contributed by atoms with van der Waals surface area (Å²) in [5, 5.41) is 11.7. The smallest absolute Gasteiger partial charge is 0.317 e. The van der Waals surface area contributed by atoms with E-state index >= 15 is 0 Å². The van der Waals surface area contributed by atoms with Crippen LogP contribution in [0.1, 0.15) is 43.7 Å². The molecule has 6 nitrogen and oxygen atoms in total. The molecule has 0 aliphatic rings. The first-order chi connectivity index (χ1) is 10.4. The van der Waals surface area contributed by atoms with Crippen LogP contribution in [0.2, 0.25) is 0 Å². The summed E-state index contributed by atoms with van der Waals surface area (Å²) in [5.74, 6) is -0.894. The summed E-state index contributed by atoms with van der Waals surface area (Å²) < 4.78 is 0. The van der Waals surface area contributed by atoms with Gasteiger partial charge in [-0.3, -0.25) is 9.78 Å². The molecule has 0 fully saturated rings. The summed E-state index contributed by atoms with van der Waals surface area (Å²) in [4.78, 5) is 28.7. The van der Waals surface area contributed by atoms with E-state index in [0.29, 0.717) is 13.0 Å². The van der Waals surface area contributed by atoms with Crippen LogP contribution in [-0.2, 0) is 11.3 Å². The Morgan fingerprint density at radius 2 is 2.18 bits per heavy atom. The van der Waals surface area contributed by atoms with Gasteiger partial charge in [0.25, 0.3) is 0 Å². The number of unbranched alkanes of at least 4 members (excludes halogenated alkanes) is 1. The molecule has 0 aliphatic carbocycles. The van der Waals surface area contributed by atoms with Gasteiger partial charge >= 0.3 is 12.0 Å². The van der Waals surface area contributed by atoms with Gasteiger partial charge in [-0.1, -0.05) is 19.8 Å². The molecule has 122 valence electrons. The fourth-order valence-electron chi connectivity index (χ4n) is 2.18. The fourth-order valence-corrected chi connectivity index (χ4v) is 2.18. The number of aliphatic carboxylic acids is 1. The highest BCUT2D eigenvalue weighted by molar-refractivity contribution is 5.75. The highest BCUT2D eigenvalue weighted by Crippen LogP contribution is 2.09. The molecule has 0 saturated carbocycles. The molecule has 1 rings (SSSR count). The summed E-state index contributed by atoms with van der Waals surface area (Å²) >= 11 is 0. The van der Waals surface area contributed by atoms with Crippen LogP contribution in [0.3, 0.4) is 0 Å². The number of hydrogen-bond donors (Lipinski definition) is 2. The highest BCUT2D eigenvalue weighted by Gasteiger charge is 2.18. The van der Waals surface area contributed by atoms with Crippen molar-refractivity contribution in [1.29, 1.82) is 0 Å². The zero-order chi connectivity index (χ0) is 16.5. The van der Waals surface area contributed by atoms with Crippen molar-refractivity contribution in [3.8, 4) is 0 Å². The topological polar surface area (TPSA) is 82.5 Å². The van der Waals surface area contributed by atoms with E-state index in [9.17, 15) is 9.59 Å². The van der Waals surface area contributed by atoms with Gasteiger partial charge in [0.05, 0.1) is 6.42 Å². The van der Waals surface area contributed by atoms with Crippen molar-refractivity contribution >= 4 is 12.0 Å². The molecule has 0 spiro atoms. The van der Waals surface area contributed by atoms with E-state index in [0.717, 1.165) is 24.0 Å². The number of carboxylic acids is 1. The predicted molar refractivity (Wildman–Crippen MR) is 84.5 cm³/mol. The Balaban J connectivity index is 2.60. The van der Waals surface area contributed by atoms with Crippen molar-refractivity contribution in [3.63, 3.8) is 0 Å². The second kappa shape index (κ2) is 9.02. The summed E-state index contributed by atoms with van der Waals surface area (Å²) in [6.45, 7) is 4.45. The zero-order valence-corrected chi connectivity index (χ0v) is 13.5. The van der Waals surface area contributed by atoms with Crippen molar-refractivity contribution in [2.45, 2.75) is 52.1 Å². The predicted octanol–water partition coefficient (Wildman–Crippen LogP) is 2.56. The van der Waals surface area contributed by atoms with Gasteiger partial charge in [-0.2, -0.15) is 0 Å². The Hall–Kier alpha value is -2.11. The number of urea groups is 1. The third kappa shape index (κ3) is 6.11. The third-order valence-electron chi connectivity index (χ3n) is 3.55. The first-order valence-electron chi connectivity index (χ1n) is 7.57. The Morgan fingerprint density at radius 1 is 1.45 bits per heavy atom. The lowest BCUT2D eigenvalue weighted by molar-refractivity contribution is -0.137. The molecule has 6 heteroatoms. The van der Waals surface area contributed by atoms with E-state index in [2.05, 4.69) is 10.3 Å². The average molecular weight is 307 g/mol. The quantitative estimate of drug-likeness (QED) is 0.773. The Labute approximate surface area is 131 Å². The van der Waals surface area contributed by atoms with Crippen LogP contribution in [0.15, 0.2) is 18.5 Å². The number of carbonyl (C=O) groups is 2. The molecule has 0 aliphatic heterocycles. The Kier molecular flexibility index (Phi) is 7.36. The lowest BCUT2D eigenvalue weighted by atomic mass is 10.1. The molecule has 1 aromatic heterocycles. The number of rotatable bonds is 8. The SMILES string of the molecule is CCCC[C@H](CC(=O)O)NC(=O)N(C)Cc1ccncc1C. The number of hydrogen-bond acceptors (Lipinski definition) is 3. The molecule has 0 saturated heterocycles. The summed E-state index contributed by atoms with van der Waals surface area (Å²) in [6.07, 6.45) is 5.95. The van der Waals surface area contributed by atoms with Crippen molar-refractivity contribution in [1.82, 2.24) is 15.2 Å². The third-order valence-corrected chi connectivity index (χ3v) is 3.55. The standard InChI is InChI=1S/C16H25N3O3/c1-4-5-6-14(9-15(20)21)18-16(22)19(3)11-13-7-8-17-10-12(13)2/h7-8,10,14H,4-6,9,11H2,1-3H3,(H,18,22)(H,20,21)/t14-/m1/s1. The van der Waals surface area contributed by atoms with Crippen LogP contribution in [0.5, 0.6) is 0 Å². The lowest BCUT2D eigenvalue weighted by Crippen LogP contribution is -2.43. The van der Waals surface area contributed by atoms with E-state index in [-0.39, 0.29) is 18.5 Å². The van der Waals surface area contributed by atoms with E-state index in [4.69, 9.17) is 5.11 Å². The van der Waals surface area contributed by atoms with Gasteiger partial charge < -0.3 is 15.3 Å². The average Bonchev–Trinajstić information content (AvgIpc) is 2.46. The van der Waals surface area contributed by atoms with Gasteiger partial charge in [0.2, 0.25) is 0 Å². The van der Waals surface area contributed by atoms with Crippen LogP contribution >= 0.6 is 0 Å². The van der Waals surface area contributed by atoms with Crippen LogP contribution in [0.25, 0.3) is 0 Å². The number of carboxylic acid groups (broad SMARTS) is 1. The minimum atomic E-state index is -0.894. The largest absolute Gasteiger partial charge is 0.481 e. The summed E-state index contributed by atoms with van der Waals surface area (Å²) in [6, 6.07) is 1.30. The molecule has 1 aromatic rings. The number of aromatic nitrogens is 1. The molecule has 1 heterocycles. The molecular weight excluding hydrogens is 282 g/mol. The highest BCUT2D eigenvalue weighted by atomic mass is 16.4. The van der Waals surface area contributed by atoms with Gasteiger partial charge in [0.15, 0.2) is 0 Å². The molecule has 0 radical (unpaired) electrons. The first-order valence-corrected chi connectivity index (χ1v) is 7.57. The molecule has 0 bridgehead atoms. The molecule has 2 amide bonds. The molecule has 22 heavy (non-hydrogen) atoms. The van der Waals surface area contributed by atoms with Crippen molar-refractivity contribution in [2.24, 2.45) is 0 Å². The number of amides is 2. The molecular formula is C16H25N3O3. The fraction of sp³-hybridized carbons (Fsp3) is 0.562. The van der Waals surface area contributed by atoms with Crippen LogP contribution in [0.4, 0.5) is 4.79 Å². The molecule has 1 atom stereocenters. The maximum absolute atomic E-state index is 12.2. The van der Waals surface area contributed by atoms with E-state index in [1.807, 2.05) is 19.9 Å². The van der Waals surface area contributed by atoms with Gasteiger partial charge in [0.1, 0.15) is 0 Å². The normalized spacial score (nSPS) is 11.8. The summed E-state index contributed by atoms with van der Waals surface area (Å²) in [5.41, 5.74) is 2.05. The minimum absolute atomic E-state index is 0.0478. The number of carbonyl (C=O) groups excluding carboxylic acids is 1. The van der Waals surface area contributed by atoms with Gasteiger partial charge in [-0.05, 0) is 30.5 Å². The van der Waals surface area contributed by atoms with E-state index in [1.165, 1.54) is 0 Å². The monoisotopic (exact) mass is 307 g/mol. The van der Waals surface area contributed by atoms with Crippen molar-refractivity contribution in [2.75, 3.05) is 7.05 Å². The molecule has 0 aromatic carbocycles. The van der Waals surface area contributed by atoms with Crippen LogP contribution < -0.4 is 5.32 Å². The number of nitrogens with zero attached hydrogens (tertiary/aromatic N) is 2. The molecule has 2 N–H and O–H groups in total. The first kappa shape index (κ1) is 17.9. The van der Waals surface area contributed by atoms with E-state index in [1.54, 1.807) is 24.3 Å². The second-order valence-electron chi connectivity index (χ2n) is 5.54. The van der Waals surface area contributed by atoms with Crippen molar-refractivity contribution < 1.29 is 14.7 Å². The van der Waals surface area contributed by atoms with Gasteiger partial charge in [0, 0.05) is 32.0 Å². The minimum Gasteiger partial charge on any atom is -0.481 e. The number of pyridine rings is 1. The van der Waals surface area contributed by atoms with E-state index < -0.39 is 5.97 Å².